The van der Waals surface area contributed by atoms with Gasteiger partial charge < -0.3 is 10.5 Å². The fraction of sp³-hybridized carbons (Fsp3) is 0.300. The third-order valence-corrected chi connectivity index (χ3v) is 3.41. The van der Waals surface area contributed by atoms with Crippen LogP contribution in [0.25, 0.3) is 10.2 Å². The molecule has 0 unspecified atom stereocenters. The zero-order valence-corrected chi connectivity index (χ0v) is 9.80. The van der Waals surface area contributed by atoms with Gasteiger partial charge in [-0.2, -0.15) is 0 Å². The first-order chi connectivity index (χ1) is 7.65. The van der Waals surface area contributed by atoms with Crippen LogP contribution in [0.3, 0.4) is 0 Å². The van der Waals surface area contributed by atoms with Crippen LogP contribution in [0.2, 0.25) is 0 Å². The van der Waals surface area contributed by atoms with Crippen molar-refractivity contribution in [3.63, 3.8) is 0 Å². The van der Waals surface area contributed by atoms with Crippen LogP contribution in [0.15, 0.2) is 6.33 Å². The van der Waals surface area contributed by atoms with Gasteiger partial charge in [-0.3, -0.25) is 4.79 Å². The predicted molar refractivity (Wildman–Crippen MR) is 61.8 cm³/mol. The van der Waals surface area contributed by atoms with Crippen LogP contribution in [0.5, 0.6) is 5.88 Å². The van der Waals surface area contributed by atoms with Gasteiger partial charge in [-0.15, -0.1) is 11.3 Å². The number of rotatable bonds is 3. The van der Waals surface area contributed by atoms with Crippen LogP contribution < -0.4 is 10.5 Å². The molecule has 84 valence electrons. The topological polar surface area (TPSA) is 78.1 Å². The minimum atomic E-state index is -0.442. The van der Waals surface area contributed by atoms with Gasteiger partial charge in [0.2, 0.25) is 5.88 Å². The molecule has 0 saturated carbocycles. The molecule has 0 spiro atoms. The fourth-order valence-corrected chi connectivity index (χ4v) is 2.51. The van der Waals surface area contributed by atoms with Crippen molar-refractivity contribution in [2.45, 2.75) is 13.8 Å². The Morgan fingerprint density at radius 3 is 2.94 bits per heavy atom. The van der Waals surface area contributed by atoms with Gasteiger partial charge in [0.05, 0.1) is 16.9 Å². The van der Waals surface area contributed by atoms with Gasteiger partial charge in [-0.1, -0.05) is 0 Å². The van der Waals surface area contributed by atoms with E-state index >= 15 is 0 Å². The maximum Gasteiger partial charge on any atom is 0.259 e. The number of thiophene rings is 1. The lowest BCUT2D eigenvalue weighted by molar-refractivity contribution is 0.100. The summed E-state index contributed by atoms with van der Waals surface area (Å²) in [7, 11) is 0. The number of amides is 1. The van der Waals surface area contributed by atoms with Gasteiger partial charge in [0, 0.05) is 0 Å². The normalized spacial score (nSPS) is 10.6. The average Bonchev–Trinajstić information content (AvgIpc) is 2.58. The molecule has 0 bridgehead atoms. The van der Waals surface area contributed by atoms with Crippen LogP contribution in [0.1, 0.15) is 22.2 Å². The molecule has 16 heavy (non-hydrogen) atoms. The highest BCUT2D eigenvalue weighted by Crippen LogP contribution is 2.33. The smallest absolute Gasteiger partial charge is 0.259 e. The summed E-state index contributed by atoms with van der Waals surface area (Å²) in [5, 5.41) is 0.781. The predicted octanol–water partition coefficient (Wildman–Crippen LogP) is 1.50. The van der Waals surface area contributed by atoms with Crippen LogP contribution in [-0.2, 0) is 0 Å². The molecule has 2 rings (SSSR count). The molecule has 2 aromatic rings. The number of hydrogen-bond donors (Lipinski definition) is 1. The molecule has 0 aliphatic carbocycles. The molecule has 0 aliphatic heterocycles. The Labute approximate surface area is 96.3 Å². The number of nitrogens with zero attached hydrogens (tertiary/aromatic N) is 2. The number of ether oxygens (including phenoxy) is 1. The minimum Gasteiger partial charge on any atom is -0.477 e. The molecule has 2 aromatic heterocycles. The number of aromatic nitrogens is 2. The van der Waals surface area contributed by atoms with Crippen molar-refractivity contribution in [2.24, 2.45) is 5.73 Å². The third-order valence-electron chi connectivity index (χ3n) is 2.20. The van der Waals surface area contributed by atoms with E-state index < -0.39 is 5.91 Å². The summed E-state index contributed by atoms with van der Waals surface area (Å²) in [5.74, 6) is 0.0664. The largest absolute Gasteiger partial charge is 0.477 e. The second kappa shape index (κ2) is 4.05. The Morgan fingerprint density at radius 1 is 1.56 bits per heavy atom. The number of hydrogen-bond acceptors (Lipinski definition) is 5. The van der Waals surface area contributed by atoms with Gasteiger partial charge in [-0.25, -0.2) is 9.97 Å². The van der Waals surface area contributed by atoms with Gasteiger partial charge in [0.1, 0.15) is 11.2 Å². The molecule has 0 fully saturated rings. The van der Waals surface area contributed by atoms with Crippen LogP contribution in [-0.4, -0.2) is 22.5 Å². The van der Waals surface area contributed by atoms with Gasteiger partial charge in [0.25, 0.3) is 5.91 Å². The summed E-state index contributed by atoms with van der Waals surface area (Å²) in [4.78, 5) is 20.6. The van der Waals surface area contributed by atoms with Crippen molar-refractivity contribution in [2.75, 3.05) is 6.61 Å². The number of carbonyl (C=O) groups excluding carboxylic acids is 1. The Balaban J connectivity index is 2.71. The van der Waals surface area contributed by atoms with Crippen molar-refractivity contribution in [1.82, 2.24) is 9.97 Å². The van der Waals surface area contributed by atoms with Crippen molar-refractivity contribution >= 4 is 27.5 Å². The maximum absolute atomic E-state index is 11.2. The monoisotopic (exact) mass is 237 g/mol. The molecular formula is C10H11N3O2S. The Bertz CT molecular complexity index is 550. The van der Waals surface area contributed by atoms with E-state index in [0.717, 1.165) is 15.8 Å². The molecule has 1 amide bonds. The van der Waals surface area contributed by atoms with Gasteiger partial charge in [-0.05, 0) is 19.4 Å². The first kappa shape index (κ1) is 10.8. The molecule has 0 saturated heterocycles. The molecule has 0 aliphatic rings. The average molecular weight is 237 g/mol. The molecule has 2 heterocycles. The zero-order chi connectivity index (χ0) is 11.7. The van der Waals surface area contributed by atoms with E-state index in [1.165, 1.54) is 17.7 Å². The Morgan fingerprint density at radius 2 is 2.31 bits per heavy atom. The number of fused-ring (bicyclic) bond motifs is 1. The highest BCUT2D eigenvalue weighted by molar-refractivity contribution is 7.20. The van der Waals surface area contributed by atoms with Crippen LogP contribution >= 0.6 is 11.3 Å². The quantitative estimate of drug-likeness (QED) is 0.877. The van der Waals surface area contributed by atoms with E-state index in [0.29, 0.717) is 17.4 Å². The number of aryl methyl sites for hydroxylation is 1. The summed E-state index contributed by atoms with van der Waals surface area (Å²) < 4.78 is 5.40. The lowest BCUT2D eigenvalue weighted by Gasteiger charge is -2.02. The molecule has 6 heteroatoms. The summed E-state index contributed by atoms with van der Waals surface area (Å²) in [6, 6.07) is 0. The first-order valence-electron chi connectivity index (χ1n) is 4.81. The van der Waals surface area contributed by atoms with Crippen molar-refractivity contribution in [3.05, 3.63) is 16.8 Å². The number of nitrogens with two attached hydrogens (primary N) is 1. The second-order valence-electron chi connectivity index (χ2n) is 3.21. The summed E-state index contributed by atoms with van der Waals surface area (Å²) in [6.45, 7) is 4.22. The summed E-state index contributed by atoms with van der Waals surface area (Å²) in [5.41, 5.74) is 6.07. The van der Waals surface area contributed by atoms with E-state index in [-0.39, 0.29) is 0 Å². The summed E-state index contributed by atoms with van der Waals surface area (Å²) in [6.07, 6.45) is 1.42. The van der Waals surface area contributed by atoms with E-state index in [9.17, 15) is 4.79 Å². The maximum atomic E-state index is 11.2. The molecule has 2 N–H and O–H groups in total. The van der Waals surface area contributed by atoms with Crippen molar-refractivity contribution < 1.29 is 9.53 Å². The van der Waals surface area contributed by atoms with Crippen LogP contribution in [0.4, 0.5) is 0 Å². The van der Waals surface area contributed by atoms with Crippen molar-refractivity contribution in [3.8, 4) is 5.88 Å². The van der Waals surface area contributed by atoms with E-state index in [1.54, 1.807) is 0 Å². The summed E-state index contributed by atoms with van der Waals surface area (Å²) >= 11 is 1.27. The minimum absolute atomic E-state index is 0.442. The molecule has 0 atom stereocenters. The molecular weight excluding hydrogens is 226 g/mol. The fourth-order valence-electron chi connectivity index (χ4n) is 1.52. The Kier molecular flexibility index (Phi) is 2.74. The van der Waals surface area contributed by atoms with Gasteiger partial charge >= 0.3 is 0 Å². The van der Waals surface area contributed by atoms with E-state index in [1.807, 2.05) is 13.8 Å². The van der Waals surface area contributed by atoms with Crippen LogP contribution in [0, 0.1) is 6.92 Å². The molecule has 0 aromatic carbocycles. The highest BCUT2D eigenvalue weighted by Gasteiger charge is 2.17. The standard InChI is InChI=1S/C10H11N3O2S/c1-3-15-9-6-5(2)7(8(11)14)16-10(6)13-4-12-9/h4H,3H2,1-2H3,(H2,11,14). The lowest BCUT2D eigenvalue weighted by atomic mass is 10.2. The third kappa shape index (κ3) is 1.61. The SMILES string of the molecule is CCOc1ncnc2sc(C(N)=O)c(C)c12. The van der Waals surface area contributed by atoms with Gasteiger partial charge in [0.15, 0.2) is 0 Å². The molecule has 0 radical (unpaired) electrons. The highest BCUT2D eigenvalue weighted by atomic mass is 32.1. The Hall–Kier alpha value is -1.69. The first-order valence-corrected chi connectivity index (χ1v) is 5.63. The second-order valence-corrected chi connectivity index (χ2v) is 4.21. The molecule has 5 nitrogen and oxygen atoms in total. The lowest BCUT2D eigenvalue weighted by Crippen LogP contribution is -2.09. The van der Waals surface area contributed by atoms with Crippen molar-refractivity contribution in [1.29, 1.82) is 0 Å². The van der Waals surface area contributed by atoms with E-state index in [4.69, 9.17) is 10.5 Å². The number of carbonyl (C=O) groups is 1. The zero-order valence-electron chi connectivity index (χ0n) is 8.98. The van der Waals surface area contributed by atoms with E-state index in [2.05, 4.69) is 9.97 Å². The number of primary amides is 1.